The summed E-state index contributed by atoms with van der Waals surface area (Å²) < 4.78 is 6.00. The zero-order valence-electron chi connectivity index (χ0n) is 14.9. The van der Waals surface area contributed by atoms with Crippen LogP contribution < -0.4 is 10.1 Å². The number of hydrogen-bond donors (Lipinski definition) is 1. The Bertz CT molecular complexity index is 1000. The van der Waals surface area contributed by atoms with Crippen molar-refractivity contribution in [2.75, 3.05) is 5.32 Å². The van der Waals surface area contributed by atoms with Crippen LogP contribution in [-0.2, 0) is 0 Å². The van der Waals surface area contributed by atoms with Gasteiger partial charge in [0.2, 0.25) is 11.8 Å². The molecule has 0 spiro atoms. The number of nitriles is 1. The van der Waals surface area contributed by atoms with E-state index >= 15 is 0 Å². The molecule has 6 heteroatoms. The number of ether oxygens (including phenoxy) is 1. The summed E-state index contributed by atoms with van der Waals surface area (Å²) in [6.07, 6.45) is 3.46. The average molecular weight is 377 g/mol. The van der Waals surface area contributed by atoms with E-state index in [-0.39, 0.29) is 0 Å². The molecule has 0 aliphatic heterocycles. The van der Waals surface area contributed by atoms with Gasteiger partial charge in [0.1, 0.15) is 5.75 Å². The zero-order chi connectivity index (χ0) is 19.2. The highest BCUT2D eigenvalue weighted by atomic mass is 35.5. The van der Waals surface area contributed by atoms with Gasteiger partial charge in [0.15, 0.2) is 0 Å². The van der Waals surface area contributed by atoms with Crippen LogP contribution in [0.4, 0.5) is 11.6 Å². The van der Waals surface area contributed by atoms with E-state index < -0.39 is 0 Å². The molecule has 0 fully saturated rings. The summed E-state index contributed by atoms with van der Waals surface area (Å²) in [6.45, 7) is 3.95. The smallest absolute Gasteiger partial charge is 0.230 e. The van der Waals surface area contributed by atoms with E-state index in [1.54, 1.807) is 36.5 Å². The van der Waals surface area contributed by atoms with Crippen molar-refractivity contribution in [3.05, 3.63) is 76.5 Å². The lowest BCUT2D eigenvalue weighted by atomic mass is 10.1. The normalized spacial score (nSPS) is 10.6. The molecule has 2 aromatic carbocycles. The lowest BCUT2D eigenvalue weighted by Gasteiger charge is -2.13. The van der Waals surface area contributed by atoms with Gasteiger partial charge in [0.05, 0.1) is 11.6 Å². The Kier molecular flexibility index (Phi) is 5.70. The molecule has 0 amide bonds. The minimum atomic E-state index is 0.411. The average Bonchev–Trinajstić information content (AvgIpc) is 2.66. The Morgan fingerprint density at radius 1 is 1.11 bits per heavy atom. The van der Waals surface area contributed by atoms with Crippen molar-refractivity contribution in [2.45, 2.75) is 13.8 Å². The molecule has 3 rings (SSSR count). The van der Waals surface area contributed by atoms with E-state index in [2.05, 4.69) is 21.4 Å². The number of rotatable bonds is 5. The molecule has 1 N–H and O–H groups in total. The van der Waals surface area contributed by atoms with Gasteiger partial charge >= 0.3 is 0 Å². The molecule has 1 aromatic heterocycles. The summed E-state index contributed by atoms with van der Waals surface area (Å²) in [6, 6.07) is 14.8. The fraction of sp³-hybridized carbons (Fsp3) is 0.0952. The van der Waals surface area contributed by atoms with Crippen LogP contribution in [0, 0.1) is 25.2 Å². The number of halogens is 1. The molecule has 0 aliphatic carbocycles. The maximum Gasteiger partial charge on any atom is 0.230 e. The summed E-state index contributed by atoms with van der Waals surface area (Å²) in [5.74, 6) is 1.60. The molecule has 0 saturated carbocycles. The van der Waals surface area contributed by atoms with E-state index in [1.807, 2.05) is 32.1 Å². The fourth-order valence-corrected chi connectivity index (χ4v) is 2.78. The van der Waals surface area contributed by atoms with Crippen molar-refractivity contribution in [1.82, 2.24) is 9.97 Å². The Balaban J connectivity index is 1.81. The molecule has 0 bridgehead atoms. The Morgan fingerprint density at radius 2 is 1.81 bits per heavy atom. The summed E-state index contributed by atoms with van der Waals surface area (Å²) in [5, 5.41) is 12.0. The number of anilines is 2. The summed E-state index contributed by atoms with van der Waals surface area (Å²) in [5.41, 5.74) is 5.85. The van der Waals surface area contributed by atoms with E-state index in [0.29, 0.717) is 17.4 Å². The maximum atomic E-state index is 8.86. The molecule has 1 heterocycles. The molecule has 5 nitrogen and oxygen atoms in total. The van der Waals surface area contributed by atoms with Crippen LogP contribution in [0.1, 0.15) is 22.3 Å². The zero-order valence-corrected chi connectivity index (χ0v) is 15.7. The van der Waals surface area contributed by atoms with Crippen molar-refractivity contribution >= 4 is 29.3 Å². The van der Waals surface area contributed by atoms with E-state index in [0.717, 1.165) is 28.1 Å². The second kappa shape index (κ2) is 8.35. The number of hydrogen-bond acceptors (Lipinski definition) is 5. The second-order valence-corrected chi connectivity index (χ2v) is 6.16. The van der Waals surface area contributed by atoms with Crippen LogP contribution in [-0.4, -0.2) is 9.97 Å². The van der Waals surface area contributed by atoms with Crippen molar-refractivity contribution in [2.24, 2.45) is 0 Å². The number of nitrogens with zero attached hydrogens (tertiary/aromatic N) is 3. The largest absolute Gasteiger partial charge is 0.438 e. The quantitative estimate of drug-likeness (QED) is 0.617. The highest BCUT2D eigenvalue weighted by Crippen LogP contribution is 2.30. The first-order valence-electron chi connectivity index (χ1n) is 8.25. The fourth-order valence-electron chi connectivity index (χ4n) is 2.63. The number of aryl methyl sites for hydroxylation is 2. The first-order valence-corrected chi connectivity index (χ1v) is 8.69. The molecular formula is C21H17ClN4O. The van der Waals surface area contributed by atoms with E-state index in [1.165, 1.54) is 5.54 Å². The van der Waals surface area contributed by atoms with Crippen LogP contribution >= 0.6 is 11.6 Å². The van der Waals surface area contributed by atoms with Crippen LogP contribution in [0.5, 0.6) is 11.6 Å². The predicted octanol–water partition coefficient (Wildman–Crippen LogP) is 5.71. The maximum absolute atomic E-state index is 8.86. The van der Waals surface area contributed by atoms with Crippen molar-refractivity contribution in [3.63, 3.8) is 0 Å². The lowest BCUT2D eigenvalue weighted by Crippen LogP contribution is -1.99. The topological polar surface area (TPSA) is 70.8 Å². The predicted molar refractivity (Wildman–Crippen MR) is 107 cm³/mol. The third-order valence-corrected chi connectivity index (χ3v) is 3.97. The molecule has 3 aromatic rings. The van der Waals surface area contributed by atoms with Gasteiger partial charge in [-0.3, -0.25) is 0 Å². The Morgan fingerprint density at radius 3 is 2.44 bits per heavy atom. The minimum Gasteiger partial charge on any atom is -0.438 e. The van der Waals surface area contributed by atoms with E-state index in [4.69, 9.17) is 21.6 Å². The Labute approximate surface area is 162 Å². The van der Waals surface area contributed by atoms with E-state index in [9.17, 15) is 0 Å². The second-order valence-electron chi connectivity index (χ2n) is 5.91. The van der Waals surface area contributed by atoms with Gasteiger partial charge in [-0.25, -0.2) is 4.98 Å². The van der Waals surface area contributed by atoms with Gasteiger partial charge in [-0.15, -0.1) is 0 Å². The molecule has 0 aliphatic rings. The molecule has 27 heavy (non-hydrogen) atoms. The third-order valence-electron chi connectivity index (χ3n) is 3.84. The van der Waals surface area contributed by atoms with Crippen LogP contribution in [0.15, 0.2) is 54.2 Å². The molecule has 0 atom stereocenters. The monoisotopic (exact) mass is 376 g/mol. The van der Waals surface area contributed by atoms with Gasteiger partial charge in [0.25, 0.3) is 0 Å². The van der Waals surface area contributed by atoms with Crippen LogP contribution in [0.25, 0.3) is 6.08 Å². The Hall–Kier alpha value is -3.36. The van der Waals surface area contributed by atoms with Crippen molar-refractivity contribution in [1.29, 1.82) is 5.26 Å². The summed E-state index contributed by atoms with van der Waals surface area (Å²) in [4.78, 5) is 8.61. The SMILES string of the molecule is Cc1cc(/C=C/Cl)cc(C)c1Oc1ccnc(Nc2ccc(C#N)cc2)n1. The minimum absolute atomic E-state index is 0.411. The standard InChI is InChI=1S/C21H17ClN4O/c1-14-11-17(7-9-22)12-15(2)20(14)27-19-8-10-24-21(26-19)25-18-5-3-16(13-23)4-6-18/h3-12H,1-2H3,(H,24,25,26)/b9-7+. The van der Waals surface area contributed by atoms with Crippen molar-refractivity contribution < 1.29 is 4.74 Å². The number of nitrogens with one attached hydrogen (secondary N) is 1. The summed E-state index contributed by atoms with van der Waals surface area (Å²) >= 11 is 5.66. The number of benzene rings is 2. The van der Waals surface area contributed by atoms with Crippen molar-refractivity contribution in [3.8, 4) is 17.7 Å². The molecule has 0 radical (unpaired) electrons. The first-order chi connectivity index (χ1) is 13.1. The highest BCUT2D eigenvalue weighted by Gasteiger charge is 2.09. The van der Waals surface area contributed by atoms with Gasteiger partial charge in [-0.1, -0.05) is 11.6 Å². The summed E-state index contributed by atoms with van der Waals surface area (Å²) in [7, 11) is 0. The van der Waals surface area contributed by atoms with Gasteiger partial charge in [-0.05, 0) is 73.0 Å². The highest BCUT2D eigenvalue weighted by molar-refractivity contribution is 6.27. The van der Waals surface area contributed by atoms with Crippen LogP contribution in [0.3, 0.4) is 0 Å². The van der Waals surface area contributed by atoms with Gasteiger partial charge in [0, 0.05) is 23.5 Å². The molecule has 0 saturated heterocycles. The van der Waals surface area contributed by atoms with Gasteiger partial charge in [-0.2, -0.15) is 10.2 Å². The first kappa shape index (κ1) is 18.4. The lowest BCUT2D eigenvalue weighted by molar-refractivity contribution is 0.455. The van der Waals surface area contributed by atoms with Crippen LogP contribution in [0.2, 0.25) is 0 Å². The third kappa shape index (κ3) is 4.63. The molecular weight excluding hydrogens is 360 g/mol. The molecule has 0 unspecified atom stereocenters. The van der Waals surface area contributed by atoms with Gasteiger partial charge < -0.3 is 10.1 Å². The number of aromatic nitrogens is 2. The molecule has 134 valence electrons.